The largest absolute Gasteiger partial charge is 0.378 e. The monoisotopic (exact) mass is 225 g/mol. The first kappa shape index (κ1) is 11.1. The summed E-state index contributed by atoms with van der Waals surface area (Å²) >= 11 is 1.77. The Morgan fingerprint density at radius 3 is 2.87 bits per heavy atom. The first-order valence-corrected chi connectivity index (χ1v) is 6.50. The van der Waals surface area contributed by atoms with Crippen LogP contribution in [-0.4, -0.2) is 17.7 Å². The molecule has 1 atom stereocenters. The van der Waals surface area contributed by atoms with Crippen molar-refractivity contribution < 1.29 is 4.74 Å². The third-order valence-corrected chi connectivity index (χ3v) is 3.62. The van der Waals surface area contributed by atoms with Gasteiger partial charge in [-0.2, -0.15) is 0 Å². The molecule has 84 valence electrons. The summed E-state index contributed by atoms with van der Waals surface area (Å²) in [4.78, 5) is 4.68. The second-order valence-electron chi connectivity index (χ2n) is 5.22. The van der Waals surface area contributed by atoms with Gasteiger partial charge in [-0.05, 0) is 12.8 Å². The third-order valence-electron chi connectivity index (χ3n) is 2.75. The van der Waals surface area contributed by atoms with E-state index in [0.29, 0.717) is 6.10 Å². The van der Waals surface area contributed by atoms with Crippen LogP contribution in [0.4, 0.5) is 0 Å². The maximum absolute atomic E-state index is 5.62. The van der Waals surface area contributed by atoms with Gasteiger partial charge in [0.1, 0.15) is 0 Å². The Hall–Kier alpha value is -0.410. The zero-order valence-corrected chi connectivity index (χ0v) is 10.6. The van der Waals surface area contributed by atoms with Crippen LogP contribution in [0.2, 0.25) is 0 Å². The minimum atomic E-state index is 0.172. The van der Waals surface area contributed by atoms with Gasteiger partial charge >= 0.3 is 0 Å². The van der Waals surface area contributed by atoms with E-state index in [2.05, 4.69) is 31.1 Å². The second kappa shape index (κ2) is 4.22. The fraction of sp³-hybridized carbons (Fsp3) is 0.750. The lowest BCUT2D eigenvalue weighted by Crippen LogP contribution is -2.13. The highest BCUT2D eigenvalue weighted by Gasteiger charge is 2.21. The molecule has 2 nitrogen and oxygen atoms in total. The second-order valence-corrected chi connectivity index (χ2v) is 6.16. The van der Waals surface area contributed by atoms with Gasteiger partial charge in [0.05, 0.1) is 16.8 Å². The quantitative estimate of drug-likeness (QED) is 0.771. The van der Waals surface area contributed by atoms with Gasteiger partial charge in [0.25, 0.3) is 0 Å². The molecule has 0 aromatic carbocycles. The van der Waals surface area contributed by atoms with Crippen LogP contribution in [0.3, 0.4) is 0 Å². The Bertz CT molecular complexity index is 321. The van der Waals surface area contributed by atoms with Crippen molar-refractivity contribution in [3.05, 3.63) is 16.1 Å². The predicted molar refractivity (Wildman–Crippen MR) is 63.5 cm³/mol. The predicted octanol–water partition coefficient (Wildman–Crippen LogP) is 3.16. The standard InChI is InChI=1S/C12H19NOS/c1-12(2,3)10-8-15-11(13-10)7-9-5-4-6-14-9/h8-9H,4-7H2,1-3H3. The molecule has 15 heavy (non-hydrogen) atoms. The Balaban J connectivity index is 2.00. The maximum atomic E-state index is 5.62. The molecule has 1 unspecified atom stereocenters. The molecule has 0 radical (unpaired) electrons. The molecule has 0 aliphatic carbocycles. The smallest absolute Gasteiger partial charge is 0.0954 e. The van der Waals surface area contributed by atoms with Gasteiger partial charge in [0.15, 0.2) is 0 Å². The molecule has 0 spiro atoms. The van der Waals surface area contributed by atoms with E-state index in [4.69, 9.17) is 4.74 Å². The highest BCUT2D eigenvalue weighted by Crippen LogP contribution is 2.26. The molecule has 1 aromatic rings. The zero-order valence-electron chi connectivity index (χ0n) is 9.75. The molecule has 0 saturated carbocycles. The minimum Gasteiger partial charge on any atom is -0.378 e. The SMILES string of the molecule is CC(C)(C)c1csc(CC2CCCO2)n1. The lowest BCUT2D eigenvalue weighted by atomic mass is 9.93. The molecular formula is C12H19NOS. The average Bonchev–Trinajstić information content (AvgIpc) is 2.73. The summed E-state index contributed by atoms with van der Waals surface area (Å²) in [5.74, 6) is 0. The van der Waals surface area contributed by atoms with Crippen LogP contribution in [0, 0.1) is 0 Å². The summed E-state index contributed by atoms with van der Waals surface area (Å²) in [6.07, 6.45) is 3.83. The first-order chi connectivity index (χ1) is 7.05. The van der Waals surface area contributed by atoms with Gasteiger partial charge in [-0.15, -0.1) is 11.3 Å². The van der Waals surface area contributed by atoms with Crippen LogP contribution in [0.15, 0.2) is 5.38 Å². The molecule has 3 heteroatoms. The van der Waals surface area contributed by atoms with Crippen molar-refractivity contribution in [1.82, 2.24) is 4.98 Å². The van der Waals surface area contributed by atoms with Crippen LogP contribution in [0.25, 0.3) is 0 Å². The van der Waals surface area contributed by atoms with Crippen molar-refractivity contribution >= 4 is 11.3 Å². The van der Waals surface area contributed by atoms with Crippen molar-refractivity contribution in [2.75, 3.05) is 6.61 Å². The van der Waals surface area contributed by atoms with Crippen molar-refractivity contribution in [1.29, 1.82) is 0 Å². The number of thiazole rings is 1. The topological polar surface area (TPSA) is 22.1 Å². The highest BCUT2D eigenvalue weighted by atomic mass is 32.1. The number of rotatable bonds is 2. The lowest BCUT2D eigenvalue weighted by Gasteiger charge is -2.14. The van der Waals surface area contributed by atoms with Crippen LogP contribution in [0.5, 0.6) is 0 Å². The highest BCUT2D eigenvalue weighted by molar-refractivity contribution is 7.09. The normalized spacial score (nSPS) is 22.2. The van der Waals surface area contributed by atoms with E-state index in [0.717, 1.165) is 13.0 Å². The Morgan fingerprint density at radius 1 is 1.53 bits per heavy atom. The van der Waals surface area contributed by atoms with Gasteiger partial charge in [0.2, 0.25) is 0 Å². The summed E-state index contributed by atoms with van der Waals surface area (Å²) in [6.45, 7) is 7.55. The first-order valence-electron chi connectivity index (χ1n) is 5.62. The van der Waals surface area contributed by atoms with E-state index in [-0.39, 0.29) is 5.41 Å². The van der Waals surface area contributed by atoms with Gasteiger partial charge in [-0.25, -0.2) is 4.98 Å². The number of nitrogens with zero attached hydrogens (tertiary/aromatic N) is 1. The van der Waals surface area contributed by atoms with Crippen LogP contribution >= 0.6 is 11.3 Å². The van der Waals surface area contributed by atoms with E-state index >= 15 is 0 Å². The van der Waals surface area contributed by atoms with E-state index in [1.807, 2.05) is 0 Å². The van der Waals surface area contributed by atoms with Crippen molar-refractivity contribution in [3.8, 4) is 0 Å². The fourth-order valence-corrected chi connectivity index (χ4v) is 2.84. The molecular weight excluding hydrogens is 206 g/mol. The molecule has 0 amide bonds. The Morgan fingerprint density at radius 2 is 2.33 bits per heavy atom. The molecule has 2 heterocycles. The maximum Gasteiger partial charge on any atom is 0.0954 e. The Labute approximate surface area is 95.7 Å². The van der Waals surface area contributed by atoms with E-state index in [1.165, 1.54) is 23.5 Å². The summed E-state index contributed by atoms with van der Waals surface area (Å²) in [6, 6.07) is 0. The molecule has 0 bridgehead atoms. The van der Waals surface area contributed by atoms with Crippen LogP contribution in [-0.2, 0) is 16.6 Å². The van der Waals surface area contributed by atoms with Crippen LogP contribution < -0.4 is 0 Å². The summed E-state index contributed by atoms with van der Waals surface area (Å²) in [5, 5.41) is 3.41. The molecule has 1 aliphatic heterocycles. The van der Waals surface area contributed by atoms with Crippen molar-refractivity contribution in [2.24, 2.45) is 0 Å². The van der Waals surface area contributed by atoms with E-state index in [1.54, 1.807) is 11.3 Å². The third kappa shape index (κ3) is 2.79. The summed E-state index contributed by atoms with van der Waals surface area (Å²) in [5.41, 5.74) is 1.38. The van der Waals surface area contributed by atoms with Gasteiger partial charge in [-0.3, -0.25) is 0 Å². The Kier molecular flexibility index (Phi) is 3.12. The number of hydrogen-bond donors (Lipinski definition) is 0. The molecule has 1 saturated heterocycles. The molecule has 1 aliphatic rings. The summed E-state index contributed by atoms with van der Waals surface area (Å²) in [7, 11) is 0. The number of hydrogen-bond acceptors (Lipinski definition) is 3. The molecule has 0 N–H and O–H groups in total. The number of aromatic nitrogens is 1. The van der Waals surface area contributed by atoms with Gasteiger partial charge < -0.3 is 4.74 Å². The van der Waals surface area contributed by atoms with E-state index in [9.17, 15) is 0 Å². The minimum absolute atomic E-state index is 0.172. The van der Waals surface area contributed by atoms with Crippen molar-refractivity contribution in [3.63, 3.8) is 0 Å². The molecule has 2 rings (SSSR count). The van der Waals surface area contributed by atoms with Gasteiger partial charge in [-0.1, -0.05) is 20.8 Å². The van der Waals surface area contributed by atoms with Crippen molar-refractivity contribution in [2.45, 2.75) is 51.6 Å². The molecule has 1 fully saturated rings. The van der Waals surface area contributed by atoms with Crippen LogP contribution in [0.1, 0.15) is 44.3 Å². The summed E-state index contributed by atoms with van der Waals surface area (Å²) < 4.78 is 5.62. The van der Waals surface area contributed by atoms with Gasteiger partial charge in [0, 0.05) is 23.8 Å². The lowest BCUT2D eigenvalue weighted by molar-refractivity contribution is 0.111. The fourth-order valence-electron chi connectivity index (χ4n) is 1.75. The average molecular weight is 225 g/mol. The molecule has 1 aromatic heterocycles. The van der Waals surface area contributed by atoms with E-state index < -0.39 is 0 Å². The zero-order chi connectivity index (χ0) is 10.9. The number of ether oxygens (including phenoxy) is 1.